The second-order valence-electron chi connectivity index (χ2n) is 8.12. The van der Waals surface area contributed by atoms with E-state index in [-0.39, 0.29) is 13.2 Å². The van der Waals surface area contributed by atoms with Crippen molar-refractivity contribution in [3.05, 3.63) is 77.9 Å². The average molecular weight is 471 g/mol. The topological polar surface area (TPSA) is 134 Å². The van der Waals surface area contributed by atoms with Crippen LogP contribution in [0.5, 0.6) is 5.75 Å². The molecule has 0 bridgehead atoms. The van der Waals surface area contributed by atoms with Crippen molar-refractivity contribution in [2.75, 3.05) is 13.2 Å². The molecule has 3 amide bonds. The van der Waals surface area contributed by atoms with Gasteiger partial charge in [-0.15, -0.1) is 0 Å². The van der Waals surface area contributed by atoms with Gasteiger partial charge >= 0.3 is 6.09 Å². The zero-order chi connectivity index (χ0) is 25.0. The van der Waals surface area contributed by atoms with Gasteiger partial charge in [-0.2, -0.15) is 0 Å². The number of nitrogens with one attached hydrogen (secondary N) is 2. The van der Waals surface area contributed by atoms with Crippen molar-refractivity contribution in [1.82, 2.24) is 10.8 Å². The maximum absolute atomic E-state index is 12.7. The molecule has 0 aliphatic heterocycles. The number of carbonyl (C=O) groups is 3. The molecule has 0 spiro atoms. The van der Waals surface area contributed by atoms with Crippen LogP contribution in [0.4, 0.5) is 4.79 Å². The minimum absolute atomic E-state index is 0.0574. The summed E-state index contributed by atoms with van der Waals surface area (Å²) in [4.78, 5) is 36.3. The summed E-state index contributed by atoms with van der Waals surface area (Å²) in [5.74, 6) is -0.802. The van der Waals surface area contributed by atoms with E-state index in [1.807, 2.05) is 13.8 Å². The van der Waals surface area contributed by atoms with Gasteiger partial charge < -0.3 is 14.6 Å². The number of hydrogen-bond acceptors (Lipinski definition) is 7. The fraction of sp³-hybridized carbons (Fsp3) is 0.320. The Hall–Kier alpha value is -3.69. The Morgan fingerprint density at radius 2 is 1.74 bits per heavy atom. The number of aliphatic hydroxyl groups is 1. The third-order valence-corrected chi connectivity index (χ3v) is 5.07. The summed E-state index contributed by atoms with van der Waals surface area (Å²) in [5.41, 5.74) is 1.75. The Labute approximate surface area is 198 Å². The zero-order valence-electron chi connectivity index (χ0n) is 19.2. The summed E-state index contributed by atoms with van der Waals surface area (Å²) in [6.45, 7) is 3.63. The molecule has 34 heavy (non-hydrogen) atoms. The van der Waals surface area contributed by atoms with Gasteiger partial charge in [-0.1, -0.05) is 56.3 Å². The largest absolute Gasteiger partial charge is 0.491 e. The predicted molar refractivity (Wildman–Crippen MR) is 124 cm³/mol. The van der Waals surface area contributed by atoms with Gasteiger partial charge in [0, 0.05) is 22.6 Å². The Kier molecular flexibility index (Phi) is 10.3. The molecule has 2 rings (SSSR count). The number of hydroxylamine groups is 1. The first kappa shape index (κ1) is 26.6. The van der Waals surface area contributed by atoms with Gasteiger partial charge in [-0.25, -0.2) is 10.3 Å². The van der Waals surface area contributed by atoms with Crippen LogP contribution in [0.25, 0.3) is 0 Å². The monoisotopic (exact) mass is 470 g/mol. The molecule has 182 valence electrons. The molecule has 0 radical (unpaired) electrons. The quantitative estimate of drug-likeness (QED) is 0.224. The minimum atomic E-state index is -0.918. The third kappa shape index (κ3) is 8.02. The molecular formula is C25H30N2O7. The maximum atomic E-state index is 12.7. The number of carbonyl (C=O) groups excluding carboxylic acids is 3. The maximum Gasteiger partial charge on any atom is 0.414 e. The normalized spacial score (nSPS) is 12.1. The molecule has 0 saturated heterocycles. The van der Waals surface area contributed by atoms with Gasteiger partial charge in [0.15, 0.2) is 0 Å². The first-order valence-corrected chi connectivity index (χ1v) is 10.8. The molecule has 0 aromatic heterocycles. The summed E-state index contributed by atoms with van der Waals surface area (Å²) < 4.78 is 11.4. The van der Waals surface area contributed by atoms with Gasteiger partial charge in [0.25, 0.3) is 11.8 Å². The van der Waals surface area contributed by atoms with Crippen molar-refractivity contribution in [3.8, 4) is 5.75 Å². The lowest BCUT2D eigenvalue weighted by Gasteiger charge is -2.34. The van der Waals surface area contributed by atoms with Crippen molar-refractivity contribution in [2.45, 2.75) is 32.8 Å². The summed E-state index contributed by atoms with van der Waals surface area (Å²) in [7, 11) is 0. The minimum Gasteiger partial charge on any atom is -0.491 e. The van der Waals surface area contributed by atoms with Crippen LogP contribution in [0, 0.1) is 5.41 Å². The van der Waals surface area contributed by atoms with E-state index < -0.39 is 29.4 Å². The number of alkyl carbamates (subject to hydrolysis) is 1. The van der Waals surface area contributed by atoms with Gasteiger partial charge in [-0.05, 0) is 31.0 Å². The van der Waals surface area contributed by atoms with Crippen LogP contribution in [0.3, 0.4) is 0 Å². The Balaban J connectivity index is 2.26. The number of benzene rings is 2. The number of hydrogen-bond donors (Lipinski definition) is 4. The molecular weight excluding hydrogens is 440 g/mol. The molecule has 0 unspecified atom stereocenters. The first-order chi connectivity index (χ1) is 16.3. The van der Waals surface area contributed by atoms with E-state index in [9.17, 15) is 14.4 Å². The second-order valence-corrected chi connectivity index (χ2v) is 8.12. The van der Waals surface area contributed by atoms with Crippen molar-refractivity contribution in [2.24, 2.45) is 5.41 Å². The molecule has 9 heteroatoms. The molecule has 0 heterocycles. The smallest absolute Gasteiger partial charge is 0.414 e. The number of imide groups is 1. The first-order valence-electron chi connectivity index (χ1n) is 10.8. The van der Waals surface area contributed by atoms with Gasteiger partial charge in [-0.3, -0.25) is 20.1 Å². The Morgan fingerprint density at radius 3 is 2.41 bits per heavy atom. The van der Waals surface area contributed by atoms with E-state index in [1.165, 1.54) is 11.6 Å². The van der Waals surface area contributed by atoms with Crippen molar-refractivity contribution in [1.29, 1.82) is 0 Å². The van der Waals surface area contributed by atoms with Crippen LogP contribution < -0.4 is 15.5 Å². The lowest BCUT2D eigenvalue weighted by Crippen LogP contribution is -2.35. The van der Waals surface area contributed by atoms with Crippen LogP contribution in [0.2, 0.25) is 0 Å². The number of amides is 3. The van der Waals surface area contributed by atoms with Crippen LogP contribution in [-0.4, -0.2) is 41.4 Å². The number of rotatable bonds is 11. The SMILES string of the molecule is CC(C)(CC/C=C/C(=O)NO)[C@@H](OC(=O)NC(=O)c1ccccc1)c1ccccc1OCCO. The Bertz CT molecular complexity index is 990. The van der Waals surface area contributed by atoms with Crippen molar-refractivity contribution in [3.63, 3.8) is 0 Å². The molecule has 9 nitrogen and oxygen atoms in total. The number of ether oxygens (including phenoxy) is 2. The van der Waals surface area contributed by atoms with Gasteiger partial charge in [0.2, 0.25) is 0 Å². The molecule has 1 atom stereocenters. The molecule has 2 aromatic carbocycles. The highest BCUT2D eigenvalue weighted by Gasteiger charge is 2.36. The van der Waals surface area contributed by atoms with Crippen LogP contribution >= 0.6 is 0 Å². The lowest BCUT2D eigenvalue weighted by atomic mass is 9.78. The van der Waals surface area contributed by atoms with E-state index in [2.05, 4.69) is 5.32 Å². The van der Waals surface area contributed by atoms with Crippen molar-refractivity contribution >= 4 is 17.9 Å². The average Bonchev–Trinajstić information content (AvgIpc) is 2.84. The number of aliphatic hydroxyl groups excluding tert-OH is 1. The third-order valence-electron chi connectivity index (χ3n) is 5.07. The number of allylic oxidation sites excluding steroid dienone is 1. The lowest BCUT2D eigenvalue weighted by molar-refractivity contribution is -0.124. The van der Waals surface area contributed by atoms with E-state index in [0.717, 1.165) is 0 Å². The summed E-state index contributed by atoms with van der Waals surface area (Å²) in [6.07, 6.45) is 1.99. The number of para-hydroxylation sites is 1. The summed E-state index contributed by atoms with van der Waals surface area (Å²) in [5, 5.41) is 20.0. The van der Waals surface area contributed by atoms with Crippen LogP contribution in [0.1, 0.15) is 48.7 Å². The van der Waals surface area contributed by atoms with E-state index in [4.69, 9.17) is 19.8 Å². The fourth-order valence-corrected chi connectivity index (χ4v) is 3.33. The summed E-state index contributed by atoms with van der Waals surface area (Å²) >= 11 is 0. The summed E-state index contributed by atoms with van der Waals surface area (Å²) in [6, 6.07) is 15.3. The van der Waals surface area contributed by atoms with E-state index >= 15 is 0 Å². The molecule has 0 aliphatic rings. The van der Waals surface area contributed by atoms with Crippen LogP contribution in [0.15, 0.2) is 66.7 Å². The molecule has 0 saturated carbocycles. The zero-order valence-corrected chi connectivity index (χ0v) is 19.2. The highest BCUT2D eigenvalue weighted by Crippen LogP contribution is 2.43. The molecule has 0 aliphatic carbocycles. The highest BCUT2D eigenvalue weighted by molar-refractivity contribution is 6.02. The van der Waals surface area contributed by atoms with Gasteiger partial charge in [0.1, 0.15) is 18.5 Å². The standard InChI is InChI=1S/C25H30N2O7/c1-25(2,15-9-8-14-21(29)27-32)22(19-12-6-7-13-20(19)33-17-16-28)34-24(31)26-23(30)18-10-4-3-5-11-18/h3-8,10-14,22,28,32H,9,15-17H2,1-2H3,(H,27,29)(H,26,30,31)/b14-8+/t22-/m0/s1. The van der Waals surface area contributed by atoms with Gasteiger partial charge in [0.05, 0.1) is 6.61 Å². The highest BCUT2D eigenvalue weighted by atomic mass is 16.6. The Morgan fingerprint density at radius 1 is 1.06 bits per heavy atom. The second kappa shape index (κ2) is 13.1. The predicted octanol–water partition coefficient (Wildman–Crippen LogP) is 3.53. The van der Waals surface area contributed by atoms with E-state index in [1.54, 1.807) is 60.7 Å². The fourth-order valence-electron chi connectivity index (χ4n) is 3.33. The molecule has 0 fully saturated rings. The van der Waals surface area contributed by atoms with E-state index in [0.29, 0.717) is 29.7 Å². The molecule has 4 N–H and O–H groups in total. The molecule has 2 aromatic rings. The van der Waals surface area contributed by atoms with Crippen LogP contribution in [-0.2, 0) is 9.53 Å². The van der Waals surface area contributed by atoms with Crippen molar-refractivity contribution < 1.29 is 34.2 Å².